The number of hydrogen-bond acceptors (Lipinski definition) is 6. The summed E-state index contributed by atoms with van der Waals surface area (Å²) < 4.78 is 39.9. The topological polar surface area (TPSA) is 85.7 Å². The van der Waals surface area contributed by atoms with Gasteiger partial charge in [0.1, 0.15) is 5.82 Å². The number of alkyl halides is 3. The fourth-order valence-corrected chi connectivity index (χ4v) is 2.78. The number of anilines is 1. The summed E-state index contributed by atoms with van der Waals surface area (Å²) >= 11 is 0. The smallest absolute Gasteiger partial charge is 0.370 e. The Morgan fingerprint density at radius 3 is 2.59 bits per heavy atom. The maximum Gasteiger partial charge on any atom is 0.417 e. The molecule has 3 N–H and O–H groups in total. The van der Waals surface area contributed by atoms with Crippen molar-refractivity contribution in [3.05, 3.63) is 65.1 Å². The molecule has 0 fully saturated rings. The third-order valence-electron chi connectivity index (χ3n) is 4.14. The number of aryl methyl sites for hydroxylation is 1. The minimum absolute atomic E-state index is 0.0270. The monoisotopic (exact) mass is 400 g/mol. The molecule has 0 aliphatic carbocycles. The summed E-state index contributed by atoms with van der Waals surface area (Å²) in [7, 11) is 0. The zero-order valence-corrected chi connectivity index (χ0v) is 15.6. The van der Waals surface area contributed by atoms with E-state index in [2.05, 4.69) is 32.0 Å². The quantitative estimate of drug-likeness (QED) is 0.645. The number of rotatable bonds is 6. The summed E-state index contributed by atoms with van der Waals surface area (Å²) in [5.41, 5.74) is 0.393. The van der Waals surface area contributed by atoms with Gasteiger partial charge in [0.05, 0.1) is 24.0 Å². The van der Waals surface area contributed by atoms with Crippen molar-refractivity contribution in [1.82, 2.24) is 20.6 Å². The molecular weight excluding hydrogens is 381 g/mol. The molecule has 1 aromatic carbocycles. The first-order chi connectivity index (χ1) is 13.9. The Morgan fingerprint density at radius 1 is 1.14 bits per heavy atom. The predicted molar refractivity (Wildman–Crippen MR) is 103 cm³/mol. The Hall–Kier alpha value is -3.54. The van der Waals surface area contributed by atoms with Crippen LogP contribution < -0.4 is 16.0 Å². The van der Waals surface area contributed by atoms with Gasteiger partial charge in [0, 0.05) is 36.0 Å². The molecule has 0 bridgehead atoms. The molecule has 1 aromatic heterocycles. The van der Waals surface area contributed by atoms with Crippen LogP contribution in [0.1, 0.15) is 11.3 Å². The van der Waals surface area contributed by atoms with E-state index in [-0.39, 0.29) is 11.4 Å². The van der Waals surface area contributed by atoms with Crippen LogP contribution in [0, 0.1) is 18.3 Å². The van der Waals surface area contributed by atoms with Crippen LogP contribution in [0.3, 0.4) is 0 Å². The fraction of sp³-hybridized carbons (Fsp3) is 0.250. The Labute approximate surface area is 166 Å². The van der Waals surface area contributed by atoms with Crippen LogP contribution in [0.15, 0.2) is 53.9 Å². The lowest BCUT2D eigenvalue weighted by Gasteiger charge is -2.16. The maximum atomic E-state index is 13.3. The SMILES string of the molecule is Cc1cc(NCCNC2=CC=C(C#N)CN2)nc(-c2ccccc2C(F)(F)F)n1. The number of dihydropyridines is 1. The molecule has 0 unspecified atom stereocenters. The molecule has 150 valence electrons. The van der Waals surface area contributed by atoms with Crippen LogP contribution in [-0.2, 0) is 6.18 Å². The zero-order valence-electron chi connectivity index (χ0n) is 15.6. The largest absolute Gasteiger partial charge is 0.417 e. The normalized spacial score (nSPS) is 13.6. The van der Waals surface area contributed by atoms with Gasteiger partial charge in [-0.3, -0.25) is 0 Å². The Morgan fingerprint density at radius 2 is 1.90 bits per heavy atom. The minimum Gasteiger partial charge on any atom is -0.370 e. The summed E-state index contributed by atoms with van der Waals surface area (Å²) in [4.78, 5) is 8.43. The Kier molecular flexibility index (Phi) is 6.02. The molecule has 0 radical (unpaired) electrons. The van der Waals surface area contributed by atoms with Gasteiger partial charge in [-0.25, -0.2) is 9.97 Å². The maximum absolute atomic E-state index is 13.3. The van der Waals surface area contributed by atoms with Gasteiger partial charge in [-0.2, -0.15) is 18.4 Å². The van der Waals surface area contributed by atoms with Crippen LogP contribution in [-0.4, -0.2) is 29.6 Å². The predicted octanol–water partition coefficient (Wildman–Crippen LogP) is 3.37. The van der Waals surface area contributed by atoms with Gasteiger partial charge < -0.3 is 16.0 Å². The average Bonchev–Trinajstić information content (AvgIpc) is 2.70. The van der Waals surface area contributed by atoms with Crippen molar-refractivity contribution < 1.29 is 13.2 Å². The van der Waals surface area contributed by atoms with Gasteiger partial charge in [0.15, 0.2) is 5.82 Å². The van der Waals surface area contributed by atoms with Gasteiger partial charge in [-0.05, 0) is 25.1 Å². The average molecular weight is 400 g/mol. The van der Waals surface area contributed by atoms with E-state index in [0.717, 1.165) is 11.9 Å². The minimum atomic E-state index is -4.48. The van der Waals surface area contributed by atoms with Gasteiger partial charge in [0.25, 0.3) is 0 Å². The van der Waals surface area contributed by atoms with Crippen molar-refractivity contribution in [2.75, 3.05) is 25.0 Å². The fourth-order valence-electron chi connectivity index (χ4n) is 2.78. The number of benzene rings is 1. The number of aromatic nitrogens is 2. The van der Waals surface area contributed by atoms with E-state index in [1.165, 1.54) is 18.2 Å². The number of hydrogen-bond donors (Lipinski definition) is 3. The van der Waals surface area contributed by atoms with Crippen LogP contribution in [0.4, 0.5) is 19.0 Å². The molecule has 0 saturated heterocycles. The molecule has 0 saturated carbocycles. The first-order valence-electron chi connectivity index (χ1n) is 8.91. The van der Waals surface area contributed by atoms with Crippen LogP contribution in [0.5, 0.6) is 0 Å². The molecule has 1 aliphatic rings. The van der Waals surface area contributed by atoms with Crippen LogP contribution >= 0.6 is 0 Å². The lowest BCUT2D eigenvalue weighted by molar-refractivity contribution is -0.137. The highest BCUT2D eigenvalue weighted by Crippen LogP contribution is 2.36. The highest BCUT2D eigenvalue weighted by atomic mass is 19.4. The molecule has 9 heteroatoms. The van der Waals surface area contributed by atoms with Crippen molar-refractivity contribution in [2.24, 2.45) is 0 Å². The summed E-state index contributed by atoms with van der Waals surface area (Å²) in [6, 6.07) is 9.03. The standard InChI is InChI=1S/C20H19F3N6/c1-13-10-18(26-9-8-25-17-7-6-14(11-24)12-27-17)29-19(28-13)15-4-2-3-5-16(15)20(21,22)23/h2-7,10,25,27H,8-9,12H2,1H3,(H,26,28,29). The molecule has 6 nitrogen and oxygen atoms in total. The van der Waals surface area contributed by atoms with Crippen LogP contribution in [0.25, 0.3) is 11.4 Å². The molecule has 29 heavy (non-hydrogen) atoms. The van der Waals surface area contributed by atoms with Crippen LogP contribution in [0.2, 0.25) is 0 Å². The van der Waals surface area contributed by atoms with E-state index >= 15 is 0 Å². The van der Waals surface area contributed by atoms with Gasteiger partial charge in [0.2, 0.25) is 0 Å². The Balaban J connectivity index is 1.67. The number of allylic oxidation sites excluding steroid dienone is 2. The summed E-state index contributed by atoms with van der Waals surface area (Å²) in [5.74, 6) is 1.27. The number of halogens is 3. The lowest BCUT2D eigenvalue weighted by atomic mass is 10.1. The number of nitrogens with one attached hydrogen (secondary N) is 3. The van der Waals surface area contributed by atoms with Gasteiger partial charge in [-0.15, -0.1) is 0 Å². The summed E-state index contributed by atoms with van der Waals surface area (Å²) in [6.45, 7) is 3.22. The molecule has 1 aliphatic heterocycles. The molecule has 2 aromatic rings. The second kappa shape index (κ2) is 8.65. The first kappa shape index (κ1) is 20.2. The van der Waals surface area contributed by atoms with Gasteiger partial charge in [-0.1, -0.05) is 18.2 Å². The van der Waals surface area contributed by atoms with E-state index in [1.807, 2.05) is 0 Å². The first-order valence-corrected chi connectivity index (χ1v) is 8.91. The second-order valence-corrected chi connectivity index (χ2v) is 6.35. The molecular formula is C20H19F3N6. The van der Waals surface area contributed by atoms with Crippen molar-refractivity contribution in [2.45, 2.75) is 13.1 Å². The third kappa shape index (κ3) is 5.25. The zero-order chi connectivity index (χ0) is 20.9. The van der Waals surface area contributed by atoms with Crippen molar-refractivity contribution in [3.8, 4) is 17.5 Å². The van der Waals surface area contributed by atoms with E-state index in [0.29, 0.717) is 36.7 Å². The molecule has 3 rings (SSSR count). The highest BCUT2D eigenvalue weighted by Gasteiger charge is 2.34. The number of nitrogens with zero attached hydrogens (tertiary/aromatic N) is 3. The highest BCUT2D eigenvalue weighted by molar-refractivity contribution is 5.63. The van der Waals surface area contributed by atoms with Crippen molar-refractivity contribution >= 4 is 5.82 Å². The van der Waals surface area contributed by atoms with E-state index < -0.39 is 11.7 Å². The van der Waals surface area contributed by atoms with E-state index in [1.54, 1.807) is 25.1 Å². The van der Waals surface area contributed by atoms with Gasteiger partial charge >= 0.3 is 6.18 Å². The van der Waals surface area contributed by atoms with E-state index in [4.69, 9.17) is 5.26 Å². The lowest BCUT2D eigenvalue weighted by Crippen LogP contribution is -2.32. The molecule has 2 heterocycles. The molecule has 0 atom stereocenters. The molecule has 0 spiro atoms. The van der Waals surface area contributed by atoms with Crippen molar-refractivity contribution in [1.29, 1.82) is 5.26 Å². The summed E-state index contributed by atoms with van der Waals surface area (Å²) in [5, 5.41) is 18.2. The second-order valence-electron chi connectivity index (χ2n) is 6.35. The Bertz CT molecular complexity index is 988. The number of nitriles is 1. The molecule has 0 amide bonds. The summed E-state index contributed by atoms with van der Waals surface area (Å²) in [6.07, 6.45) is -0.963. The van der Waals surface area contributed by atoms with E-state index in [9.17, 15) is 13.2 Å². The van der Waals surface area contributed by atoms with Crippen molar-refractivity contribution in [3.63, 3.8) is 0 Å². The third-order valence-corrected chi connectivity index (χ3v) is 4.14.